The Morgan fingerprint density at radius 1 is 0.221 bits per heavy atom. The van der Waals surface area contributed by atoms with Crippen molar-refractivity contribution in [2.45, 2.75) is 424 Å². The van der Waals surface area contributed by atoms with Crippen LogP contribution in [0.1, 0.15) is 380 Å². The zero-order chi connectivity index (χ0) is 99.2. The lowest BCUT2D eigenvalue weighted by atomic mass is 9.71. The van der Waals surface area contributed by atoms with E-state index in [0.29, 0.717) is 21.7 Å². The molecule has 0 unspecified atom stereocenters. The summed E-state index contributed by atoms with van der Waals surface area (Å²) in [6, 6.07) is 66.7. The molecule has 778 valence electrons. The van der Waals surface area contributed by atoms with Crippen molar-refractivity contribution in [1.82, 2.24) is 0 Å². The molecule has 0 spiro atoms. The van der Waals surface area contributed by atoms with Crippen molar-refractivity contribution >= 4 is 9.84 Å². The summed E-state index contributed by atoms with van der Waals surface area (Å²) in [6.07, 6.45) is 13.3. The molecule has 10 nitrogen and oxygen atoms in total. The predicted octanol–water partition coefficient (Wildman–Crippen LogP) is 38.6. The van der Waals surface area contributed by atoms with E-state index in [-0.39, 0.29) is 97.1 Å². The van der Waals surface area contributed by atoms with Crippen molar-refractivity contribution in [2.75, 3.05) is 0 Å². The fourth-order valence-corrected chi connectivity index (χ4v) is 20.2. The fourth-order valence-electron chi connectivity index (χ4n) is 19.0. The van der Waals surface area contributed by atoms with Gasteiger partial charge in [0.05, 0.1) is 9.79 Å². The van der Waals surface area contributed by atoms with E-state index in [2.05, 4.69) is 173 Å². The van der Waals surface area contributed by atoms with Gasteiger partial charge >= 0.3 is 12.4 Å². The molecule has 0 aliphatic heterocycles. The lowest BCUT2D eigenvalue weighted by Crippen LogP contribution is -2.54. The van der Waals surface area contributed by atoms with E-state index in [1.807, 2.05) is 126 Å². The number of hydrogen-bond acceptors (Lipinski definition) is 10. The number of rotatable bonds is 22. The average Bonchev–Trinajstić information content (AvgIpc) is 0.713. The molecule has 15 rings (SSSR count). The molecule has 0 amide bonds. The maximum atomic E-state index is 14.7. The summed E-state index contributed by atoms with van der Waals surface area (Å²) in [7, 11) is -3.61. The largest absolute Gasteiger partial charge is 0.488 e. The molecular formula is C123H178F6O10S. The number of benzene rings is 9. The molecule has 0 saturated heterocycles. The molecule has 140 heavy (non-hydrogen) atoms. The van der Waals surface area contributed by atoms with Crippen molar-refractivity contribution in [3.05, 3.63) is 253 Å². The lowest BCUT2D eigenvalue weighted by Gasteiger charge is -2.42. The normalized spacial score (nSPS) is 19.4. The van der Waals surface area contributed by atoms with Gasteiger partial charge in [0, 0.05) is 11.5 Å². The van der Waals surface area contributed by atoms with E-state index in [9.17, 15) is 34.8 Å². The first-order valence-corrected chi connectivity index (χ1v) is 51.2. The minimum absolute atomic E-state index is 0. The van der Waals surface area contributed by atoms with Crippen LogP contribution in [0.2, 0.25) is 0 Å². The van der Waals surface area contributed by atoms with Crippen molar-refractivity contribution in [2.24, 2.45) is 32.5 Å². The quantitative estimate of drug-likeness (QED) is 0.0609. The van der Waals surface area contributed by atoms with E-state index in [1.165, 1.54) is 61.1 Å². The zero-order valence-electron chi connectivity index (χ0n) is 85.7. The number of para-hydroxylation sites is 2. The minimum Gasteiger partial charge on any atom is -0.488 e. The van der Waals surface area contributed by atoms with E-state index in [4.69, 9.17) is 37.9 Å². The van der Waals surface area contributed by atoms with Gasteiger partial charge in [0.1, 0.15) is 91.1 Å². The first-order valence-electron chi connectivity index (χ1n) is 49.7. The van der Waals surface area contributed by atoms with Crippen LogP contribution in [0.5, 0.6) is 57.5 Å². The monoisotopic (exact) mass is 1960 g/mol. The van der Waals surface area contributed by atoms with E-state index in [1.54, 1.807) is 48.5 Å². The van der Waals surface area contributed by atoms with Crippen molar-refractivity contribution < 1.29 is 72.7 Å². The van der Waals surface area contributed by atoms with Gasteiger partial charge in [-0.1, -0.05) is 253 Å². The summed E-state index contributed by atoms with van der Waals surface area (Å²) in [6.45, 7) is 52.7. The van der Waals surface area contributed by atoms with Crippen LogP contribution < -0.4 is 37.9 Å². The lowest BCUT2D eigenvalue weighted by molar-refractivity contribution is -0.288. The molecule has 0 aromatic heterocycles. The number of hydrogen-bond donors (Lipinski definition) is 0. The molecule has 9 aromatic rings. The maximum Gasteiger partial charge on any atom is 0.411 e. The Kier molecular flexibility index (Phi) is 42.1. The van der Waals surface area contributed by atoms with Crippen molar-refractivity contribution in [3.8, 4) is 57.5 Å². The van der Waals surface area contributed by atoms with Crippen LogP contribution in [0, 0.1) is 32.5 Å². The van der Waals surface area contributed by atoms with Crippen LogP contribution in [-0.4, -0.2) is 54.4 Å². The van der Waals surface area contributed by atoms with Gasteiger partial charge in [-0.25, -0.2) is 8.42 Å². The maximum absolute atomic E-state index is 14.7. The van der Waals surface area contributed by atoms with Gasteiger partial charge in [-0.05, 0) is 384 Å². The highest BCUT2D eigenvalue weighted by Gasteiger charge is 2.72. The van der Waals surface area contributed by atoms with Crippen LogP contribution in [0.15, 0.2) is 240 Å². The summed E-state index contributed by atoms with van der Waals surface area (Å²) in [5.74, 6) is 7.04. The molecular weight excluding hydrogens is 1780 g/mol. The summed E-state index contributed by atoms with van der Waals surface area (Å²) < 4.78 is 164. The Balaban J connectivity index is 0.000000328. The number of halogens is 6. The molecule has 0 radical (unpaired) electrons. The third-order valence-corrected chi connectivity index (χ3v) is 31.5. The summed E-state index contributed by atoms with van der Waals surface area (Å²) in [4.78, 5) is 0.546. The van der Waals surface area contributed by atoms with Gasteiger partial charge < -0.3 is 37.9 Å². The smallest absolute Gasteiger partial charge is 0.411 e. The molecule has 6 aliphatic carbocycles. The molecule has 6 saturated carbocycles. The first-order chi connectivity index (χ1) is 63.0. The summed E-state index contributed by atoms with van der Waals surface area (Å²) in [5, 5.41) is 0. The van der Waals surface area contributed by atoms with Gasteiger partial charge in [-0.2, -0.15) is 26.3 Å². The van der Waals surface area contributed by atoms with E-state index in [0.717, 1.165) is 199 Å². The Morgan fingerprint density at radius 3 is 0.579 bits per heavy atom. The van der Waals surface area contributed by atoms with Crippen LogP contribution in [0.4, 0.5) is 26.3 Å². The molecule has 17 heteroatoms. The van der Waals surface area contributed by atoms with E-state index >= 15 is 0 Å². The Morgan fingerprint density at radius 2 is 0.393 bits per heavy atom. The summed E-state index contributed by atoms with van der Waals surface area (Å²) in [5.41, 5.74) is -3.07. The van der Waals surface area contributed by atoms with Crippen LogP contribution >= 0.6 is 0 Å². The highest BCUT2D eigenvalue weighted by Crippen LogP contribution is 2.58. The topological polar surface area (TPSA) is 108 Å². The molecule has 9 aromatic carbocycles. The second-order valence-corrected chi connectivity index (χ2v) is 47.5. The SMILES string of the molecule is C.C.C.C.C.CC.CC.CC1(C)CCC(C)(Oc2ccc(C(C)(C)c3ccc(OC4(C)CCC(C)(C)CC4)cc3)cc2)CC1.CC1(C)CCC(C)(Oc2ccc(C(c3ccc(OC4(C)CCC(C)(C)CC4)cc3)(C(F)(F)F)C(F)(F)F)cc2)CC1.CC1(C)CCC(C)(Oc2ccc(S(=O)(=O)c3ccc(OC4(C)CCC(C)(C)CC4)cc3)cc2)CC1.c1ccc(Oc2cccc(Oc3ccccc3)c2)cc1. The standard InChI is InChI=1S/C33H42F6O2.C33H48O2.C30H42O4S.C18H14O2.2C2H6.5CH4/c1-27(2)15-19-29(5,20-16-27)40-25-11-7-23(8-12-25)31(32(34,35)36,33(37,38)39)24-9-13-26(14-10-24)41-30(6)21-17-28(3,4)18-22-30;1-29(2)17-21-32(7,22-18-29)34-27-13-9-25(10-14-27)31(5,6)26-11-15-28(16-12-26)35-33(8)23-19-30(3,4)20-24-33;1-27(2)15-19-29(5,20-16-27)33-23-7-11-25(12-8-23)35(31,32)26-13-9-24(10-14-26)34-30(6)21-17-28(3,4)18-22-30;1-3-8-15(9-4-1)19-17-12-7-13-18(14-17)20-16-10-5-2-6-11-16;2*1-2;;;;;/h7-14H,15-22H2,1-6H3;9-16H,17-24H2,1-8H3;7-14H,15-22H2,1-6H3;1-14H;2*1-2H3;5*1H4. The van der Waals surface area contributed by atoms with Crippen LogP contribution in [-0.2, 0) is 20.7 Å². The van der Waals surface area contributed by atoms with Crippen molar-refractivity contribution in [3.63, 3.8) is 0 Å². The van der Waals surface area contributed by atoms with Crippen molar-refractivity contribution in [1.29, 1.82) is 0 Å². The molecule has 0 heterocycles. The Labute approximate surface area is 844 Å². The number of ether oxygens (including phenoxy) is 8. The third-order valence-electron chi connectivity index (χ3n) is 29.8. The Hall–Kier alpha value is -9.09. The first kappa shape index (κ1) is 121. The second-order valence-electron chi connectivity index (χ2n) is 45.5. The molecule has 0 atom stereocenters. The number of alkyl halides is 6. The third kappa shape index (κ3) is 33.0. The minimum atomic E-state index is -5.65. The molecule has 6 fully saturated rings. The van der Waals surface area contributed by atoms with Crippen LogP contribution in [0.3, 0.4) is 0 Å². The average molecular weight is 1960 g/mol. The highest BCUT2D eigenvalue weighted by atomic mass is 32.2. The Bertz CT molecular complexity index is 4930. The summed E-state index contributed by atoms with van der Waals surface area (Å²) >= 11 is 0. The van der Waals surface area contributed by atoms with Gasteiger partial charge in [0.2, 0.25) is 15.3 Å². The van der Waals surface area contributed by atoms with Gasteiger partial charge in [0.15, 0.2) is 0 Å². The molecule has 0 bridgehead atoms. The van der Waals surface area contributed by atoms with Gasteiger partial charge in [-0.15, -0.1) is 0 Å². The van der Waals surface area contributed by atoms with Gasteiger partial charge in [0.25, 0.3) is 0 Å². The second kappa shape index (κ2) is 48.5. The fraction of sp³-hybridized carbons (Fsp3) is 0.561. The van der Waals surface area contributed by atoms with Crippen LogP contribution in [0.25, 0.3) is 0 Å². The zero-order valence-corrected chi connectivity index (χ0v) is 86.5. The van der Waals surface area contributed by atoms with Gasteiger partial charge in [-0.3, -0.25) is 0 Å². The highest BCUT2D eigenvalue weighted by molar-refractivity contribution is 7.91. The number of sulfone groups is 1. The molecule has 0 N–H and O–H groups in total. The van der Waals surface area contributed by atoms with E-state index < -0.39 is 49.9 Å². The molecule has 6 aliphatic rings. The predicted molar refractivity (Wildman–Crippen MR) is 573 cm³/mol.